The highest BCUT2D eigenvalue weighted by Gasteiger charge is 2.16. The highest BCUT2D eigenvalue weighted by atomic mass is 32.8. The van der Waals surface area contributed by atoms with E-state index in [1.807, 2.05) is 30.3 Å². The molecule has 0 aliphatic carbocycles. The number of rotatable bonds is 3. The minimum atomic E-state index is -3.00. The molecule has 1 heterocycles. The first kappa shape index (κ1) is 12.5. The second-order valence-electron chi connectivity index (χ2n) is 3.83. The molecule has 3 aromatic rings. The van der Waals surface area contributed by atoms with Crippen molar-refractivity contribution in [1.82, 2.24) is 4.37 Å². The molecule has 19 heavy (non-hydrogen) atoms. The highest BCUT2D eigenvalue weighted by molar-refractivity contribution is 8.30. The van der Waals surface area contributed by atoms with Crippen LogP contribution in [0.3, 0.4) is 0 Å². The van der Waals surface area contributed by atoms with Gasteiger partial charge < -0.3 is 4.18 Å². The molecule has 0 N–H and O–H groups in total. The Hall–Kier alpha value is -1.50. The normalized spacial score (nSPS) is 14.1. The fourth-order valence-electron chi connectivity index (χ4n) is 1.66. The molecule has 0 radical (unpaired) electrons. The molecule has 0 aliphatic heterocycles. The Morgan fingerprint density at radius 2 is 1.74 bits per heavy atom. The zero-order valence-corrected chi connectivity index (χ0v) is 12.1. The summed E-state index contributed by atoms with van der Waals surface area (Å²) in [4.78, 5) is 0.488. The third-order valence-electron chi connectivity index (χ3n) is 2.56. The molecule has 6 heteroatoms. The van der Waals surface area contributed by atoms with E-state index < -0.39 is 8.77 Å². The number of hydrogen-bond acceptors (Lipinski definition) is 5. The van der Waals surface area contributed by atoms with Crippen LogP contribution in [0.4, 0.5) is 0 Å². The Morgan fingerprint density at radius 3 is 2.53 bits per heavy atom. The van der Waals surface area contributed by atoms with Crippen LogP contribution in [0.1, 0.15) is 0 Å². The molecule has 3 nitrogen and oxygen atoms in total. The molecule has 0 spiro atoms. The summed E-state index contributed by atoms with van der Waals surface area (Å²) in [5.74, 6) is 0.337. The minimum Gasteiger partial charge on any atom is -0.375 e. The molecule has 1 atom stereocenters. The van der Waals surface area contributed by atoms with Gasteiger partial charge in [0.1, 0.15) is 0 Å². The zero-order chi connectivity index (χ0) is 13.3. The summed E-state index contributed by atoms with van der Waals surface area (Å²) in [5, 5.41) is 0.834. The quantitative estimate of drug-likeness (QED) is 0.743. The van der Waals surface area contributed by atoms with Crippen LogP contribution in [0.2, 0.25) is 0 Å². The first-order valence-corrected chi connectivity index (χ1v) is 8.69. The van der Waals surface area contributed by atoms with E-state index in [2.05, 4.69) is 4.37 Å². The SMILES string of the molecule is O=S(=S)(Oc1nsc2ccccc12)c1ccccc1. The topological polar surface area (TPSA) is 39.2 Å². The lowest BCUT2D eigenvalue weighted by Crippen LogP contribution is -2.08. The first-order chi connectivity index (χ1) is 9.17. The molecule has 1 unspecified atom stereocenters. The third kappa shape index (κ3) is 2.47. The molecular formula is C13H9NO2S3. The maximum atomic E-state index is 12.5. The first-order valence-electron chi connectivity index (χ1n) is 5.51. The highest BCUT2D eigenvalue weighted by Crippen LogP contribution is 2.30. The summed E-state index contributed by atoms with van der Waals surface area (Å²) in [6.07, 6.45) is 0. The van der Waals surface area contributed by atoms with Gasteiger partial charge in [-0.05, 0) is 35.8 Å². The van der Waals surface area contributed by atoms with E-state index in [0.717, 1.165) is 10.1 Å². The molecule has 0 saturated heterocycles. The number of benzene rings is 2. The van der Waals surface area contributed by atoms with Crippen LogP contribution in [-0.4, -0.2) is 8.58 Å². The summed E-state index contributed by atoms with van der Waals surface area (Å²) < 4.78 is 23.1. The largest absolute Gasteiger partial charge is 0.375 e. The summed E-state index contributed by atoms with van der Waals surface area (Å²) in [6, 6.07) is 16.4. The van der Waals surface area contributed by atoms with Crippen LogP contribution in [-0.2, 0) is 20.0 Å². The Bertz CT molecular complexity index is 810. The summed E-state index contributed by atoms with van der Waals surface area (Å²) >= 11 is 6.39. The second kappa shape index (κ2) is 4.88. The lowest BCUT2D eigenvalue weighted by atomic mass is 10.3. The maximum Gasteiger partial charge on any atom is 0.250 e. The van der Waals surface area contributed by atoms with Gasteiger partial charge in [0.25, 0.3) is 5.88 Å². The summed E-state index contributed by atoms with van der Waals surface area (Å²) in [5.41, 5.74) is 0. The molecule has 2 aromatic carbocycles. The van der Waals surface area contributed by atoms with Crippen molar-refractivity contribution in [3.63, 3.8) is 0 Å². The minimum absolute atomic E-state index is 0.337. The monoisotopic (exact) mass is 307 g/mol. The average molecular weight is 307 g/mol. The van der Waals surface area contributed by atoms with Gasteiger partial charge in [-0.1, -0.05) is 30.3 Å². The summed E-state index contributed by atoms with van der Waals surface area (Å²) in [7, 11) is -3.00. The molecule has 96 valence electrons. The zero-order valence-electron chi connectivity index (χ0n) is 9.68. The van der Waals surface area contributed by atoms with Gasteiger partial charge in [-0.3, -0.25) is 0 Å². The molecule has 0 saturated carbocycles. The Morgan fingerprint density at radius 1 is 1.05 bits per heavy atom. The molecule has 0 amide bonds. The lowest BCUT2D eigenvalue weighted by Gasteiger charge is -2.07. The van der Waals surface area contributed by atoms with Crippen LogP contribution >= 0.6 is 11.5 Å². The molecule has 1 aromatic heterocycles. The van der Waals surface area contributed by atoms with Crippen molar-refractivity contribution in [2.24, 2.45) is 0 Å². The Labute approximate surface area is 119 Å². The van der Waals surface area contributed by atoms with Crippen LogP contribution in [0.5, 0.6) is 5.88 Å². The number of fused-ring (bicyclic) bond motifs is 1. The lowest BCUT2D eigenvalue weighted by molar-refractivity contribution is 0.553. The number of hydrogen-bond donors (Lipinski definition) is 0. The van der Waals surface area contributed by atoms with Gasteiger partial charge in [-0.25, -0.2) is 4.21 Å². The second-order valence-corrected chi connectivity index (χ2v) is 7.50. The van der Waals surface area contributed by atoms with E-state index in [-0.39, 0.29) is 0 Å². The van der Waals surface area contributed by atoms with Gasteiger partial charge in [-0.15, -0.1) is 0 Å². The van der Waals surface area contributed by atoms with Crippen LogP contribution in [0, 0.1) is 0 Å². The van der Waals surface area contributed by atoms with Crippen molar-refractivity contribution in [3.05, 3.63) is 54.6 Å². The summed E-state index contributed by atoms with van der Waals surface area (Å²) in [6.45, 7) is 0. The molecule has 0 fully saturated rings. The van der Waals surface area contributed by atoms with Gasteiger partial charge in [-0.2, -0.15) is 4.37 Å². The van der Waals surface area contributed by atoms with Crippen molar-refractivity contribution in [2.45, 2.75) is 4.90 Å². The third-order valence-corrected chi connectivity index (χ3v) is 5.38. The molecular weight excluding hydrogens is 298 g/mol. The van der Waals surface area contributed by atoms with E-state index >= 15 is 0 Å². The smallest absolute Gasteiger partial charge is 0.250 e. The van der Waals surface area contributed by atoms with E-state index in [0.29, 0.717) is 10.8 Å². The van der Waals surface area contributed by atoms with Crippen LogP contribution < -0.4 is 4.18 Å². The predicted molar refractivity (Wildman–Crippen MR) is 80.5 cm³/mol. The Kier molecular flexibility index (Phi) is 3.22. The number of nitrogens with zero attached hydrogens (tertiary/aromatic N) is 1. The van der Waals surface area contributed by atoms with Crippen molar-refractivity contribution in [1.29, 1.82) is 0 Å². The fraction of sp³-hybridized carbons (Fsp3) is 0. The van der Waals surface area contributed by atoms with Gasteiger partial charge in [0.05, 0.1) is 15.0 Å². The molecule has 0 bridgehead atoms. The van der Waals surface area contributed by atoms with Crippen molar-refractivity contribution in [3.8, 4) is 5.88 Å². The van der Waals surface area contributed by atoms with Gasteiger partial charge in [0, 0.05) is 11.2 Å². The van der Waals surface area contributed by atoms with E-state index in [4.69, 9.17) is 15.4 Å². The van der Waals surface area contributed by atoms with Crippen LogP contribution in [0.25, 0.3) is 10.1 Å². The van der Waals surface area contributed by atoms with Gasteiger partial charge in [0.2, 0.25) is 8.77 Å². The standard InChI is InChI=1S/C13H9NO2S3/c15-19(17,10-6-2-1-3-7-10)16-13-11-8-4-5-9-12(11)18-14-13/h1-9H. The van der Waals surface area contributed by atoms with Crippen molar-refractivity contribution < 1.29 is 8.39 Å². The fourth-order valence-corrected chi connectivity index (χ4v) is 3.87. The van der Waals surface area contributed by atoms with E-state index in [9.17, 15) is 4.21 Å². The predicted octanol–water partition coefficient (Wildman–Crippen LogP) is 3.40. The Balaban J connectivity index is 2.02. The van der Waals surface area contributed by atoms with Crippen molar-refractivity contribution >= 4 is 41.6 Å². The molecule has 3 rings (SSSR count). The van der Waals surface area contributed by atoms with Gasteiger partial charge >= 0.3 is 0 Å². The number of aromatic nitrogens is 1. The average Bonchev–Trinajstić information content (AvgIpc) is 2.83. The van der Waals surface area contributed by atoms with E-state index in [1.165, 1.54) is 11.5 Å². The van der Waals surface area contributed by atoms with Gasteiger partial charge in [0.15, 0.2) is 0 Å². The molecule has 0 aliphatic rings. The van der Waals surface area contributed by atoms with Crippen LogP contribution in [0.15, 0.2) is 59.5 Å². The maximum absolute atomic E-state index is 12.5. The van der Waals surface area contributed by atoms with Crippen molar-refractivity contribution in [2.75, 3.05) is 0 Å². The van der Waals surface area contributed by atoms with E-state index in [1.54, 1.807) is 24.3 Å².